The van der Waals surface area contributed by atoms with Crippen LogP contribution in [0.5, 0.6) is 0 Å². The smallest absolute Gasteiger partial charge is 0.0240 e. The van der Waals surface area contributed by atoms with Gasteiger partial charge in [-0.3, -0.25) is 4.90 Å². The largest absolute Gasteiger partial charge is 0.291 e. The Morgan fingerprint density at radius 3 is 1.80 bits per heavy atom. The quantitative estimate of drug-likeness (QED) is 0.704. The minimum Gasteiger partial charge on any atom is -0.291 e. The minimum atomic E-state index is 0.660. The zero-order valence-corrected chi connectivity index (χ0v) is 11.8. The van der Waals surface area contributed by atoms with E-state index in [4.69, 9.17) is 0 Å². The Balaban J connectivity index is 1.73. The van der Waals surface area contributed by atoms with Gasteiger partial charge in [0.15, 0.2) is 0 Å². The third-order valence-corrected chi connectivity index (χ3v) is 4.03. The summed E-state index contributed by atoms with van der Waals surface area (Å²) in [6.07, 6.45) is 3.36. The molecule has 2 aromatic carbocycles. The zero-order valence-electron chi connectivity index (χ0n) is 11.8. The summed E-state index contributed by atoms with van der Waals surface area (Å²) in [6.45, 7) is 5.98. The van der Waals surface area contributed by atoms with Gasteiger partial charge in [-0.25, -0.2) is 0 Å². The molecule has 0 radical (unpaired) electrons. The van der Waals surface area contributed by atoms with E-state index >= 15 is 0 Å². The van der Waals surface area contributed by atoms with Crippen LogP contribution in [0.4, 0.5) is 0 Å². The summed E-state index contributed by atoms with van der Waals surface area (Å²) in [5, 5.41) is 0. The molecule has 0 N–H and O–H groups in total. The molecule has 0 amide bonds. The van der Waals surface area contributed by atoms with E-state index in [1.165, 1.54) is 17.5 Å². The van der Waals surface area contributed by atoms with Crippen molar-refractivity contribution >= 4 is 0 Å². The highest BCUT2D eigenvalue weighted by molar-refractivity contribution is 5.19. The summed E-state index contributed by atoms with van der Waals surface area (Å²) in [5.74, 6) is 0.669. The number of hydrogen-bond donors (Lipinski definition) is 0. The van der Waals surface area contributed by atoms with Gasteiger partial charge in [-0.15, -0.1) is 6.58 Å². The maximum Gasteiger partial charge on any atom is 0.0240 e. The second-order valence-electron chi connectivity index (χ2n) is 5.58. The van der Waals surface area contributed by atoms with Gasteiger partial charge in [0.25, 0.3) is 0 Å². The monoisotopic (exact) mass is 263 g/mol. The zero-order chi connectivity index (χ0) is 13.8. The Kier molecular flexibility index (Phi) is 3.98. The van der Waals surface area contributed by atoms with E-state index in [0.717, 1.165) is 13.1 Å². The van der Waals surface area contributed by atoms with E-state index in [2.05, 4.69) is 78.2 Å². The first kappa shape index (κ1) is 13.1. The average Bonchev–Trinajstić information content (AvgIpc) is 3.28. The van der Waals surface area contributed by atoms with Crippen LogP contribution in [0.25, 0.3) is 0 Å². The van der Waals surface area contributed by atoms with Gasteiger partial charge in [-0.1, -0.05) is 66.7 Å². The molecule has 1 unspecified atom stereocenters. The first-order valence-electron chi connectivity index (χ1n) is 7.31. The van der Waals surface area contributed by atoms with Crippen molar-refractivity contribution in [3.05, 3.63) is 84.4 Å². The lowest BCUT2D eigenvalue weighted by molar-refractivity contribution is 0.239. The van der Waals surface area contributed by atoms with Crippen LogP contribution in [0.3, 0.4) is 0 Å². The lowest BCUT2D eigenvalue weighted by Crippen LogP contribution is -2.26. The molecule has 0 aliphatic heterocycles. The Morgan fingerprint density at radius 2 is 1.40 bits per heavy atom. The standard InChI is InChI=1S/C19H21N/c1-2-18-13-19(18)20(14-16-9-5-3-6-10-16)15-17-11-7-4-8-12-17/h2-12,18-19H,1,13-15H2/t18?,19-/m1/s1. The van der Waals surface area contributed by atoms with Crippen LogP contribution in [0.15, 0.2) is 73.3 Å². The van der Waals surface area contributed by atoms with Crippen LogP contribution in [-0.2, 0) is 13.1 Å². The Labute approximate surface area is 121 Å². The first-order chi connectivity index (χ1) is 9.86. The molecule has 20 heavy (non-hydrogen) atoms. The van der Waals surface area contributed by atoms with Crippen molar-refractivity contribution in [2.24, 2.45) is 5.92 Å². The van der Waals surface area contributed by atoms with Crippen LogP contribution >= 0.6 is 0 Å². The van der Waals surface area contributed by atoms with Gasteiger partial charge >= 0.3 is 0 Å². The molecule has 0 saturated heterocycles. The third-order valence-electron chi connectivity index (χ3n) is 4.03. The summed E-state index contributed by atoms with van der Waals surface area (Å²) in [5.41, 5.74) is 2.77. The molecule has 1 saturated carbocycles. The molecule has 0 bridgehead atoms. The highest BCUT2D eigenvalue weighted by Crippen LogP contribution is 2.38. The Morgan fingerprint density at radius 1 is 0.900 bits per heavy atom. The SMILES string of the molecule is C=CC1C[C@H]1N(Cc1ccccc1)Cc1ccccc1. The second-order valence-corrected chi connectivity index (χ2v) is 5.58. The molecule has 3 rings (SSSR count). The molecule has 0 spiro atoms. The number of hydrogen-bond acceptors (Lipinski definition) is 1. The third kappa shape index (κ3) is 3.17. The topological polar surface area (TPSA) is 3.24 Å². The number of rotatable bonds is 6. The van der Waals surface area contributed by atoms with E-state index in [1.54, 1.807) is 0 Å². The fourth-order valence-corrected chi connectivity index (χ4v) is 2.80. The van der Waals surface area contributed by atoms with E-state index in [0.29, 0.717) is 12.0 Å². The van der Waals surface area contributed by atoms with E-state index in [9.17, 15) is 0 Å². The molecule has 2 aromatic rings. The highest BCUT2D eigenvalue weighted by Gasteiger charge is 2.39. The van der Waals surface area contributed by atoms with Gasteiger partial charge in [0.05, 0.1) is 0 Å². The van der Waals surface area contributed by atoms with E-state index < -0.39 is 0 Å². The van der Waals surface area contributed by atoms with Crippen LogP contribution in [0.1, 0.15) is 17.5 Å². The van der Waals surface area contributed by atoms with Gasteiger partial charge in [0, 0.05) is 19.1 Å². The maximum atomic E-state index is 3.94. The van der Waals surface area contributed by atoms with Crippen molar-refractivity contribution in [1.82, 2.24) is 4.90 Å². The lowest BCUT2D eigenvalue weighted by atomic mass is 10.1. The second kappa shape index (κ2) is 6.06. The Hall–Kier alpha value is -1.86. The molecule has 1 heteroatoms. The molecule has 1 fully saturated rings. The lowest BCUT2D eigenvalue weighted by Gasteiger charge is -2.23. The van der Waals surface area contributed by atoms with Gasteiger partial charge in [0.1, 0.15) is 0 Å². The van der Waals surface area contributed by atoms with Crippen molar-refractivity contribution in [1.29, 1.82) is 0 Å². The summed E-state index contributed by atoms with van der Waals surface area (Å²) in [6, 6.07) is 22.1. The van der Waals surface area contributed by atoms with Crippen molar-refractivity contribution in [3.8, 4) is 0 Å². The molecule has 0 heterocycles. The predicted octanol–water partition coefficient (Wildman–Crippen LogP) is 4.26. The molecule has 1 aliphatic rings. The van der Waals surface area contributed by atoms with E-state index in [1.807, 2.05) is 0 Å². The van der Waals surface area contributed by atoms with Crippen molar-refractivity contribution < 1.29 is 0 Å². The summed E-state index contributed by atoms with van der Waals surface area (Å²) < 4.78 is 0. The first-order valence-corrected chi connectivity index (χ1v) is 7.31. The summed E-state index contributed by atoms with van der Waals surface area (Å²) in [4.78, 5) is 2.58. The van der Waals surface area contributed by atoms with Gasteiger partial charge in [-0.05, 0) is 23.5 Å². The fraction of sp³-hybridized carbons (Fsp3) is 0.263. The highest BCUT2D eigenvalue weighted by atomic mass is 15.2. The maximum absolute atomic E-state index is 3.94. The summed E-state index contributed by atoms with van der Waals surface area (Å²) in [7, 11) is 0. The van der Waals surface area contributed by atoms with Crippen molar-refractivity contribution in [3.63, 3.8) is 0 Å². The molecule has 102 valence electrons. The van der Waals surface area contributed by atoms with Gasteiger partial charge in [-0.2, -0.15) is 0 Å². The van der Waals surface area contributed by atoms with Crippen LogP contribution < -0.4 is 0 Å². The molecular weight excluding hydrogens is 242 g/mol. The molecular formula is C19H21N. The average molecular weight is 263 g/mol. The molecule has 2 atom stereocenters. The van der Waals surface area contributed by atoms with Crippen molar-refractivity contribution in [2.45, 2.75) is 25.6 Å². The Bertz CT molecular complexity index is 505. The normalized spacial score (nSPS) is 20.9. The number of nitrogens with zero attached hydrogens (tertiary/aromatic N) is 1. The van der Waals surface area contributed by atoms with E-state index in [-0.39, 0.29) is 0 Å². The van der Waals surface area contributed by atoms with Gasteiger partial charge < -0.3 is 0 Å². The fourth-order valence-electron chi connectivity index (χ4n) is 2.80. The molecule has 1 nitrogen and oxygen atoms in total. The summed E-state index contributed by atoms with van der Waals surface area (Å²) >= 11 is 0. The molecule has 1 aliphatic carbocycles. The minimum absolute atomic E-state index is 0.660. The van der Waals surface area contributed by atoms with Crippen LogP contribution in [-0.4, -0.2) is 10.9 Å². The van der Waals surface area contributed by atoms with Crippen LogP contribution in [0, 0.1) is 5.92 Å². The number of benzene rings is 2. The molecule has 0 aromatic heterocycles. The van der Waals surface area contributed by atoms with Gasteiger partial charge in [0.2, 0.25) is 0 Å². The van der Waals surface area contributed by atoms with Crippen LogP contribution in [0.2, 0.25) is 0 Å². The predicted molar refractivity (Wildman–Crippen MR) is 84.2 cm³/mol. The van der Waals surface area contributed by atoms with Crippen molar-refractivity contribution in [2.75, 3.05) is 0 Å².